The Kier molecular flexibility index (Phi) is 4.83. The van der Waals surface area contributed by atoms with Crippen LogP contribution in [0.4, 0.5) is 0 Å². The summed E-state index contributed by atoms with van der Waals surface area (Å²) in [4.78, 5) is 23.2. The molecule has 0 unspecified atom stereocenters. The monoisotopic (exact) mass is 341 g/mol. The van der Waals surface area contributed by atoms with Gasteiger partial charge in [-0.3, -0.25) is 9.59 Å². The molecule has 0 bridgehead atoms. The Labute approximate surface area is 146 Å². The van der Waals surface area contributed by atoms with Crippen LogP contribution in [0.2, 0.25) is 0 Å². The van der Waals surface area contributed by atoms with Gasteiger partial charge >= 0.3 is 0 Å². The van der Waals surface area contributed by atoms with E-state index in [1.165, 1.54) is 23.7 Å². The van der Waals surface area contributed by atoms with Crippen LogP contribution in [0.25, 0.3) is 5.69 Å². The molecule has 2 amide bonds. The largest absolute Gasteiger partial charge is 0.364 e. The molecule has 0 spiro atoms. The van der Waals surface area contributed by atoms with Crippen LogP contribution in [-0.2, 0) is 4.79 Å². The summed E-state index contributed by atoms with van der Waals surface area (Å²) in [6, 6.07) is 7.52. The van der Waals surface area contributed by atoms with Crippen LogP contribution in [-0.4, -0.2) is 26.8 Å². The molecule has 1 aliphatic rings. The summed E-state index contributed by atoms with van der Waals surface area (Å²) in [5.41, 5.74) is 7.07. The van der Waals surface area contributed by atoms with Crippen LogP contribution in [0.15, 0.2) is 30.5 Å². The second-order valence-corrected chi connectivity index (χ2v) is 6.81. The molecular formula is C18H23N5O2. The highest BCUT2D eigenvalue weighted by Crippen LogP contribution is 2.38. The summed E-state index contributed by atoms with van der Waals surface area (Å²) in [6.45, 7) is 4.12. The first-order chi connectivity index (χ1) is 11.9. The molecule has 1 heterocycles. The zero-order valence-corrected chi connectivity index (χ0v) is 14.5. The first kappa shape index (κ1) is 17.1. The molecule has 1 saturated carbocycles. The Hall–Kier alpha value is -2.70. The maximum absolute atomic E-state index is 12.1. The van der Waals surface area contributed by atoms with Crippen LogP contribution in [0.5, 0.6) is 0 Å². The van der Waals surface area contributed by atoms with Crippen LogP contribution in [0.1, 0.15) is 55.2 Å². The number of aromatic nitrogens is 3. The van der Waals surface area contributed by atoms with E-state index < -0.39 is 5.91 Å². The predicted molar refractivity (Wildman–Crippen MR) is 92.9 cm³/mol. The summed E-state index contributed by atoms with van der Waals surface area (Å²) >= 11 is 0. The van der Waals surface area contributed by atoms with Crippen molar-refractivity contribution in [2.45, 2.75) is 39.2 Å². The normalized spacial score (nSPS) is 16.2. The molecule has 0 saturated heterocycles. The van der Waals surface area contributed by atoms with Gasteiger partial charge in [-0.25, -0.2) is 4.68 Å². The second-order valence-electron chi connectivity index (χ2n) is 6.81. The number of benzene rings is 1. The minimum Gasteiger partial charge on any atom is -0.364 e. The number of rotatable bonds is 7. The van der Waals surface area contributed by atoms with Crippen molar-refractivity contribution in [3.63, 3.8) is 0 Å². The SMILES string of the molecule is C[C@H](CC(=O)N[C@H](C)c1ccc(-n2cc(C(N)=O)nn2)cc1)C1CC1. The average Bonchev–Trinajstić information content (AvgIpc) is 3.31. The van der Waals surface area contributed by atoms with Crippen LogP contribution >= 0.6 is 0 Å². The van der Waals surface area contributed by atoms with E-state index in [1.807, 2.05) is 31.2 Å². The molecule has 1 fully saturated rings. The summed E-state index contributed by atoms with van der Waals surface area (Å²) in [5, 5.41) is 10.7. The summed E-state index contributed by atoms with van der Waals surface area (Å²) in [7, 11) is 0. The van der Waals surface area contributed by atoms with Gasteiger partial charge in [-0.2, -0.15) is 0 Å². The second kappa shape index (κ2) is 7.04. The van der Waals surface area contributed by atoms with Gasteiger partial charge in [-0.15, -0.1) is 5.10 Å². The highest BCUT2D eigenvalue weighted by Gasteiger charge is 2.29. The van der Waals surface area contributed by atoms with Crippen molar-refractivity contribution in [3.05, 3.63) is 41.7 Å². The highest BCUT2D eigenvalue weighted by molar-refractivity contribution is 5.90. The minimum atomic E-state index is -0.611. The fraction of sp³-hybridized carbons (Fsp3) is 0.444. The van der Waals surface area contributed by atoms with Gasteiger partial charge < -0.3 is 11.1 Å². The highest BCUT2D eigenvalue weighted by atomic mass is 16.2. The average molecular weight is 341 g/mol. The number of hydrogen-bond acceptors (Lipinski definition) is 4. The third-order valence-corrected chi connectivity index (χ3v) is 4.72. The van der Waals surface area contributed by atoms with Crippen molar-refractivity contribution in [2.24, 2.45) is 17.6 Å². The van der Waals surface area contributed by atoms with Crippen molar-refractivity contribution in [2.75, 3.05) is 0 Å². The molecule has 1 aliphatic carbocycles. The summed E-state index contributed by atoms with van der Waals surface area (Å²) < 4.78 is 1.49. The van der Waals surface area contributed by atoms with E-state index in [-0.39, 0.29) is 17.6 Å². The first-order valence-electron chi connectivity index (χ1n) is 8.56. The van der Waals surface area contributed by atoms with Crippen LogP contribution in [0, 0.1) is 11.8 Å². The van der Waals surface area contributed by atoms with Crippen LogP contribution in [0.3, 0.4) is 0 Å². The number of carbonyl (C=O) groups is 2. The molecule has 0 radical (unpaired) electrons. The fourth-order valence-corrected chi connectivity index (χ4v) is 2.93. The molecule has 7 nitrogen and oxygen atoms in total. The fourth-order valence-electron chi connectivity index (χ4n) is 2.93. The molecular weight excluding hydrogens is 318 g/mol. The van der Waals surface area contributed by atoms with Crippen molar-refractivity contribution in [1.82, 2.24) is 20.3 Å². The Morgan fingerprint density at radius 2 is 1.96 bits per heavy atom. The molecule has 1 aromatic heterocycles. The maximum Gasteiger partial charge on any atom is 0.270 e. The third-order valence-electron chi connectivity index (χ3n) is 4.72. The number of nitrogens with zero attached hydrogens (tertiary/aromatic N) is 3. The van der Waals surface area contributed by atoms with Crippen molar-refractivity contribution in [1.29, 1.82) is 0 Å². The Balaban J connectivity index is 1.60. The Morgan fingerprint density at radius 3 is 2.52 bits per heavy atom. The third kappa shape index (κ3) is 4.23. The number of amides is 2. The van der Waals surface area contributed by atoms with Crippen molar-refractivity contribution in [3.8, 4) is 5.69 Å². The Morgan fingerprint density at radius 1 is 1.28 bits per heavy atom. The lowest BCUT2D eigenvalue weighted by molar-refractivity contribution is -0.122. The standard InChI is InChI=1S/C18H23N5O2/c1-11(13-3-4-13)9-17(24)20-12(2)14-5-7-15(8-6-14)23-10-16(18(19)25)21-22-23/h5-8,10-13H,3-4,9H2,1-2H3,(H2,19,25)(H,20,24)/t11-,12-/m1/s1. The molecule has 1 aromatic carbocycles. The first-order valence-corrected chi connectivity index (χ1v) is 8.56. The van der Waals surface area contributed by atoms with Gasteiger partial charge in [0.05, 0.1) is 17.9 Å². The smallest absolute Gasteiger partial charge is 0.270 e. The molecule has 25 heavy (non-hydrogen) atoms. The van der Waals surface area contributed by atoms with E-state index in [0.717, 1.165) is 17.2 Å². The van der Waals surface area contributed by atoms with Gasteiger partial charge in [0.2, 0.25) is 5.91 Å². The molecule has 132 valence electrons. The minimum absolute atomic E-state index is 0.0649. The summed E-state index contributed by atoms with van der Waals surface area (Å²) in [5.74, 6) is 0.674. The number of primary amides is 1. The van der Waals surface area contributed by atoms with Gasteiger partial charge in [-0.05, 0) is 49.3 Å². The maximum atomic E-state index is 12.1. The van der Waals surface area contributed by atoms with Crippen molar-refractivity contribution < 1.29 is 9.59 Å². The van der Waals surface area contributed by atoms with Gasteiger partial charge in [0, 0.05) is 6.42 Å². The topological polar surface area (TPSA) is 103 Å². The van der Waals surface area contributed by atoms with Gasteiger partial charge in [-0.1, -0.05) is 24.3 Å². The number of carbonyl (C=O) groups excluding carboxylic acids is 2. The number of nitrogens with one attached hydrogen (secondary N) is 1. The lowest BCUT2D eigenvalue weighted by Crippen LogP contribution is -2.28. The van der Waals surface area contributed by atoms with Gasteiger partial charge in [0.25, 0.3) is 5.91 Å². The Bertz CT molecular complexity index is 764. The number of hydrogen-bond donors (Lipinski definition) is 2. The lowest BCUT2D eigenvalue weighted by Gasteiger charge is -2.17. The molecule has 2 aromatic rings. The zero-order valence-electron chi connectivity index (χ0n) is 14.5. The van der Waals surface area contributed by atoms with Gasteiger partial charge in [0.15, 0.2) is 5.69 Å². The van der Waals surface area contributed by atoms with E-state index in [2.05, 4.69) is 22.6 Å². The van der Waals surface area contributed by atoms with E-state index in [1.54, 1.807) is 0 Å². The van der Waals surface area contributed by atoms with E-state index >= 15 is 0 Å². The van der Waals surface area contributed by atoms with E-state index in [4.69, 9.17) is 5.73 Å². The molecule has 3 rings (SSSR count). The molecule has 3 N–H and O–H groups in total. The van der Waals surface area contributed by atoms with Gasteiger partial charge in [0.1, 0.15) is 0 Å². The summed E-state index contributed by atoms with van der Waals surface area (Å²) in [6.07, 6.45) is 4.58. The van der Waals surface area contributed by atoms with E-state index in [0.29, 0.717) is 12.3 Å². The quantitative estimate of drug-likeness (QED) is 0.803. The molecule has 2 atom stereocenters. The predicted octanol–water partition coefficient (Wildman–Crippen LogP) is 1.98. The molecule has 0 aliphatic heterocycles. The van der Waals surface area contributed by atoms with E-state index in [9.17, 15) is 9.59 Å². The van der Waals surface area contributed by atoms with Crippen molar-refractivity contribution >= 4 is 11.8 Å². The van der Waals surface area contributed by atoms with Crippen LogP contribution < -0.4 is 11.1 Å². The number of nitrogens with two attached hydrogens (primary N) is 1. The molecule has 7 heteroatoms. The lowest BCUT2D eigenvalue weighted by atomic mass is 10.0. The zero-order chi connectivity index (χ0) is 18.0.